The van der Waals surface area contributed by atoms with E-state index in [4.69, 9.17) is 0 Å². The summed E-state index contributed by atoms with van der Waals surface area (Å²) in [6.07, 6.45) is 8.28. The van der Waals surface area contributed by atoms with Crippen LogP contribution in [0.4, 0.5) is 0 Å². The molecule has 0 atom stereocenters. The summed E-state index contributed by atoms with van der Waals surface area (Å²) < 4.78 is 0. The van der Waals surface area contributed by atoms with Gasteiger partial charge < -0.3 is 13.1 Å². The first-order valence-electron chi connectivity index (χ1n) is 13.6. The third-order valence-corrected chi connectivity index (χ3v) is 8.02. The van der Waals surface area contributed by atoms with Crippen LogP contribution in [0.3, 0.4) is 0 Å². The van der Waals surface area contributed by atoms with Gasteiger partial charge in [-0.1, -0.05) is 150 Å². The molecular formula is C33H49MoPSi2+. The summed E-state index contributed by atoms with van der Waals surface area (Å²) in [5.41, 5.74) is 1.60. The van der Waals surface area contributed by atoms with Crippen LogP contribution in [0, 0.1) is 13.1 Å². The first-order valence-corrected chi connectivity index (χ1v) is 22.4. The first-order chi connectivity index (χ1) is 16.9. The van der Waals surface area contributed by atoms with Crippen LogP contribution >= 0.6 is 7.92 Å². The average Bonchev–Trinajstić information content (AvgIpc) is 3.09. The van der Waals surface area contributed by atoms with E-state index in [2.05, 4.69) is 137 Å². The van der Waals surface area contributed by atoms with Crippen molar-refractivity contribution in [3.8, 4) is 0 Å². The summed E-state index contributed by atoms with van der Waals surface area (Å²) in [5, 5.41) is 4.47. The van der Waals surface area contributed by atoms with Gasteiger partial charge in [0.15, 0.2) is 0 Å². The zero-order valence-corrected chi connectivity index (χ0v) is 29.1. The van der Waals surface area contributed by atoms with Gasteiger partial charge in [0.2, 0.25) is 0 Å². The van der Waals surface area contributed by atoms with Gasteiger partial charge in [0.05, 0.1) is 0 Å². The molecule has 0 aliphatic heterocycles. The van der Waals surface area contributed by atoms with Crippen LogP contribution < -0.4 is 15.9 Å². The standard InChI is InChI=1S/C25H27P.2C4H11Si.Mo/c1-2-6-14-21(13-5-1)24-19-11-12-20-25(24)26(22-15-7-3-8-16-22)23-17-9-4-10-18-23;2*1-5(2,3)4;/h3-4,7-12,15-21H,1-2,5-6,13-14H2;2*1H2,2-4H3;/q;2*-1;+3. The van der Waals surface area contributed by atoms with Crippen LogP contribution in [-0.4, -0.2) is 16.1 Å². The fraction of sp³-hybridized carbons (Fsp3) is 0.394. The molecule has 199 valence electrons. The molecule has 0 heterocycles. The summed E-state index contributed by atoms with van der Waals surface area (Å²) in [6.45, 7) is 21.1. The van der Waals surface area contributed by atoms with Crippen LogP contribution in [0.25, 0.3) is 0 Å². The van der Waals surface area contributed by atoms with Crippen LogP contribution in [0.5, 0.6) is 0 Å². The normalized spacial score (nSPS) is 14.3. The number of rotatable bonds is 4. The van der Waals surface area contributed by atoms with Crippen molar-refractivity contribution in [2.75, 3.05) is 0 Å². The number of benzene rings is 3. The molecule has 4 rings (SSSR count). The van der Waals surface area contributed by atoms with Crippen molar-refractivity contribution in [2.45, 2.75) is 83.7 Å². The Kier molecular flexibility index (Phi) is 15.7. The third kappa shape index (κ3) is 14.8. The smallest absolute Gasteiger partial charge is 0.342 e. The Morgan fingerprint density at radius 3 is 1.32 bits per heavy atom. The Balaban J connectivity index is 0.000000534. The molecule has 0 amide bonds. The molecule has 1 radical (unpaired) electrons. The quantitative estimate of drug-likeness (QED) is 0.117. The second kappa shape index (κ2) is 17.0. The number of hydrogen-bond donors (Lipinski definition) is 0. The summed E-state index contributed by atoms with van der Waals surface area (Å²) in [5.74, 6) is 0.728. The molecule has 0 aromatic heterocycles. The Labute approximate surface area is 247 Å². The molecule has 37 heavy (non-hydrogen) atoms. The third-order valence-electron chi connectivity index (χ3n) is 5.50. The fourth-order valence-corrected chi connectivity index (χ4v) is 6.75. The molecular weight excluding hydrogens is 579 g/mol. The van der Waals surface area contributed by atoms with Crippen LogP contribution in [-0.2, 0) is 21.1 Å². The molecule has 0 N–H and O–H groups in total. The molecule has 1 fully saturated rings. The molecule has 0 bridgehead atoms. The zero-order valence-electron chi connectivity index (χ0n) is 24.2. The van der Waals surface area contributed by atoms with E-state index in [9.17, 15) is 0 Å². The minimum absolute atomic E-state index is 0. The van der Waals surface area contributed by atoms with Gasteiger partial charge in [0, 0.05) is 0 Å². The second-order valence-electron chi connectivity index (χ2n) is 12.4. The largest absolute Gasteiger partial charge is 3.00 e. The van der Waals surface area contributed by atoms with Crippen LogP contribution in [0.15, 0.2) is 84.9 Å². The van der Waals surface area contributed by atoms with E-state index in [1.54, 1.807) is 10.9 Å². The Morgan fingerprint density at radius 2 is 0.919 bits per heavy atom. The molecule has 0 nitrogen and oxygen atoms in total. The van der Waals surface area contributed by atoms with E-state index >= 15 is 0 Å². The van der Waals surface area contributed by atoms with E-state index in [1.807, 2.05) is 0 Å². The zero-order chi connectivity index (χ0) is 26.6. The summed E-state index contributed by atoms with van der Waals surface area (Å²) >= 11 is 0. The van der Waals surface area contributed by atoms with Crippen molar-refractivity contribution >= 4 is 40.0 Å². The summed E-state index contributed by atoms with van der Waals surface area (Å²) in [4.78, 5) is 0. The first kappa shape index (κ1) is 34.2. The predicted molar refractivity (Wildman–Crippen MR) is 173 cm³/mol. The topological polar surface area (TPSA) is 0 Å². The predicted octanol–water partition coefficient (Wildman–Crippen LogP) is 9.28. The van der Waals surface area contributed by atoms with Crippen LogP contribution in [0.1, 0.15) is 50.0 Å². The maximum atomic E-state index is 3.91. The minimum Gasteiger partial charge on any atom is -0.342 e. The van der Waals surface area contributed by atoms with E-state index in [0.29, 0.717) is 0 Å². The molecule has 1 aliphatic rings. The van der Waals surface area contributed by atoms with Gasteiger partial charge in [-0.2, -0.15) is 0 Å². The second-order valence-corrected chi connectivity index (χ2v) is 24.8. The Bertz CT molecular complexity index is 923. The molecule has 3 aromatic rings. The molecule has 0 unspecified atom stereocenters. The van der Waals surface area contributed by atoms with Crippen molar-refractivity contribution < 1.29 is 21.1 Å². The van der Waals surface area contributed by atoms with Crippen molar-refractivity contribution in [1.82, 2.24) is 0 Å². The Morgan fingerprint density at radius 1 is 0.568 bits per heavy atom. The molecule has 0 saturated heterocycles. The fourth-order valence-electron chi connectivity index (χ4n) is 4.21. The van der Waals surface area contributed by atoms with Gasteiger partial charge in [-0.05, 0) is 48.2 Å². The van der Waals surface area contributed by atoms with Gasteiger partial charge in [-0.3, -0.25) is 0 Å². The molecule has 4 heteroatoms. The van der Waals surface area contributed by atoms with Gasteiger partial charge in [0.25, 0.3) is 0 Å². The van der Waals surface area contributed by atoms with Gasteiger partial charge in [-0.25, -0.2) is 0 Å². The van der Waals surface area contributed by atoms with E-state index in [1.165, 1.54) is 49.1 Å². The van der Waals surface area contributed by atoms with E-state index in [-0.39, 0.29) is 21.1 Å². The monoisotopic (exact) mass is 630 g/mol. The Hall–Kier alpha value is -0.788. The SMILES string of the molecule is [CH2-][Si](C)(C)C.[CH2-][Si](C)(C)C.[Mo+3].c1ccc(P(c2ccccc2)c2ccccc2C2CCCCCC2)cc1. The van der Waals surface area contributed by atoms with Gasteiger partial charge in [0.1, 0.15) is 0 Å². The summed E-state index contributed by atoms with van der Waals surface area (Å²) in [6, 6.07) is 31.5. The van der Waals surface area contributed by atoms with E-state index in [0.717, 1.165) is 5.92 Å². The summed E-state index contributed by atoms with van der Waals surface area (Å²) in [7, 11) is -2.22. The maximum absolute atomic E-state index is 3.91. The van der Waals surface area contributed by atoms with Gasteiger partial charge >= 0.3 is 21.1 Å². The van der Waals surface area contributed by atoms with Crippen molar-refractivity contribution in [2.24, 2.45) is 0 Å². The maximum Gasteiger partial charge on any atom is 3.00 e. The molecule has 3 aromatic carbocycles. The molecule has 0 spiro atoms. The molecule has 1 saturated carbocycles. The average molecular weight is 629 g/mol. The van der Waals surface area contributed by atoms with Crippen molar-refractivity contribution in [1.29, 1.82) is 0 Å². The van der Waals surface area contributed by atoms with Gasteiger partial charge in [-0.15, -0.1) is 16.1 Å². The number of hydrogen-bond acceptors (Lipinski definition) is 0. The van der Waals surface area contributed by atoms with Crippen molar-refractivity contribution in [3.63, 3.8) is 0 Å². The minimum atomic E-state index is -0.861. The molecule has 1 aliphatic carbocycles. The van der Waals surface area contributed by atoms with E-state index < -0.39 is 24.1 Å². The van der Waals surface area contributed by atoms with Crippen LogP contribution in [0.2, 0.25) is 39.3 Å². The van der Waals surface area contributed by atoms with Crippen molar-refractivity contribution in [3.05, 3.63) is 104 Å².